The average Bonchev–Trinajstić information content (AvgIpc) is 3.12. The normalized spacial score (nSPS) is 10.6. The van der Waals surface area contributed by atoms with Crippen LogP contribution in [0, 0.1) is 5.82 Å². The van der Waals surface area contributed by atoms with Gasteiger partial charge in [0.2, 0.25) is 0 Å². The summed E-state index contributed by atoms with van der Waals surface area (Å²) in [5.74, 6) is -0.263. The third-order valence-corrected chi connectivity index (χ3v) is 3.87. The van der Waals surface area contributed by atoms with Crippen molar-refractivity contribution < 1.29 is 18.7 Å². The molecule has 0 saturated carbocycles. The van der Waals surface area contributed by atoms with Gasteiger partial charge < -0.3 is 14.8 Å². The Morgan fingerprint density at radius 1 is 1.00 bits per heavy atom. The molecular weight excluding hydrogens is 321 g/mol. The topological polar surface area (TPSA) is 62.5 Å². The first-order chi connectivity index (χ1) is 12.2. The van der Waals surface area contributed by atoms with Crippen molar-refractivity contribution in [1.82, 2.24) is 5.32 Å². The Bertz CT molecular complexity index is 855. The standard InChI is InChI=1S/C20H18FNO3/c21-17-4-2-1-3-16(17)18-9-10-19(25-18)20(24)22-12-11-14-5-7-15(13-23)8-6-14/h1-10,23H,11-13H2,(H,22,24). The van der Waals surface area contributed by atoms with E-state index in [1.54, 1.807) is 24.3 Å². The lowest BCUT2D eigenvalue weighted by molar-refractivity contribution is 0.0927. The number of hydrogen-bond acceptors (Lipinski definition) is 3. The minimum absolute atomic E-state index is 0.0137. The summed E-state index contributed by atoms with van der Waals surface area (Å²) in [6.07, 6.45) is 0.665. The zero-order valence-corrected chi connectivity index (χ0v) is 13.5. The van der Waals surface area contributed by atoms with Gasteiger partial charge >= 0.3 is 0 Å². The Morgan fingerprint density at radius 2 is 1.72 bits per heavy atom. The molecule has 0 radical (unpaired) electrons. The maximum atomic E-state index is 13.8. The van der Waals surface area contributed by atoms with E-state index in [4.69, 9.17) is 9.52 Å². The molecule has 2 N–H and O–H groups in total. The van der Waals surface area contributed by atoms with E-state index in [2.05, 4.69) is 5.32 Å². The van der Waals surface area contributed by atoms with Crippen molar-refractivity contribution in [3.63, 3.8) is 0 Å². The number of nitrogens with one attached hydrogen (secondary N) is 1. The van der Waals surface area contributed by atoms with Gasteiger partial charge in [-0.25, -0.2) is 4.39 Å². The summed E-state index contributed by atoms with van der Waals surface area (Å²) in [4.78, 5) is 12.1. The SMILES string of the molecule is O=C(NCCc1ccc(CO)cc1)c1ccc(-c2ccccc2F)o1. The van der Waals surface area contributed by atoms with Crippen molar-refractivity contribution in [1.29, 1.82) is 0 Å². The van der Waals surface area contributed by atoms with Crippen LogP contribution in [-0.4, -0.2) is 17.6 Å². The summed E-state index contributed by atoms with van der Waals surface area (Å²) in [6.45, 7) is 0.465. The minimum atomic E-state index is -0.393. The van der Waals surface area contributed by atoms with Crippen LogP contribution in [0.5, 0.6) is 0 Å². The molecule has 0 bridgehead atoms. The summed E-state index contributed by atoms with van der Waals surface area (Å²) >= 11 is 0. The van der Waals surface area contributed by atoms with Crippen LogP contribution in [0.4, 0.5) is 4.39 Å². The molecule has 1 heterocycles. The molecule has 3 rings (SSSR count). The summed E-state index contributed by atoms with van der Waals surface area (Å²) < 4.78 is 19.2. The van der Waals surface area contributed by atoms with Crippen LogP contribution >= 0.6 is 0 Å². The summed E-state index contributed by atoms with van der Waals surface area (Å²) in [6, 6.07) is 16.9. The Hall–Kier alpha value is -2.92. The first-order valence-corrected chi connectivity index (χ1v) is 7.99. The molecule has 128 valence electrons. The summed E-state index contributed by atoms with van der Waals surface area (Å²) in [5, 5.41) is 11.8. The van der Waals surface area contributed by atoms with Gasteiger partial charge in [-0.2, -0.15) is 0 Å². The van der Waals surface area contributed by atoms with Gasteiger partial charge in [0.15, 0.2) is 5.76 Å². The van der Waals surface area contributed by atoms with Crippen LogP contribution in [0.1, 0.15) is 21.7 Å². The molecule has 4 nitrogen and oxygen atoms in total. The van der Waals surface area contributed by atoms with E-state index in [9.17, 15) is 9.18 Å². The lowest BCUT2D eigenvalue weighted by atomic mass is 10.1. The fraction of sp³-hybridized carbons (Fsp3) is 0.150. The summed E-state index contributed by atoms with van der Waals surface area (Å²) in [5.41, 5.74) is 2.23. The van der Waals surface area contributed by atoms with E-state index in [1.807, 2.05) is 24.3 Å². The number of benzene rings is 2. The van der Waals surface area contributed by atoms with Gasteiger partial charge in [-0.1, -0.05) is 36.4 Å². The van der Waals surface area contributed by atoms with Crippen molar-refractivity contribution in [3.05, 3.63) is 83.4 Å². The van der Waals surface area contributed by atoms with Crippen LogP contribution in [0.15, 0.2) is 65.1 Å². The van der Waals surface area contributed by atoms with Crippen LogP contribution in [0.3, 0.4) is 0 Å². The van der Waals surface area contributed by atoms with Crippen molar-refractivity contribution in [2.75, 3.05) is 6.54 Å². The molecule has 0 saturated heterocycles. The predicted octanol–water partition coefficient (Wildman–Crippen LogP) is 3.55. The van der Waals surface area contributed by atoms with Crippen LogP contribution in [-0.2, 0) is 13.0 Å². The molecule has 0 atom stereocenters. The average molecular weight is 339 g/mol. The highest BCUT2D eigenvalue weighted by atomic mass is 19.1. The molecule has 0 aliphatic rings. The molecule has 0 spiro atoms. The minimum Gasteiger partial charge on any atom is -0.451 e. The maximum Gasteiger partial charge on any atom is 0.287 e. The fourth-order valence-corrected chi connectivity index (χ4v) is 2.48. The number of aliphatic hydroxyl groups excluding tert-OH is 1. The van der Waals surface area contributed by atoms with Crippen molar-refractivity contribution in [3.8, 4) is 11.3 Å². The quantitative estimate of drug-likeness (QED) is 0.722. The van der Waals surface area contributed by atoms with E-state index in [-0.39, 0.29) is 18.3 Å². The first-order valence-electron chi connectivity index (χ1n) is 7.99. The van der Waals surface area contributed by atoms with E-state index < -0.39 is 5.82 Å². The number of amides is 1. The molecular formula is C20H18FNO3. The fourth-order valence-electron chi connectivity index (χ4n) is 2.48. The van der Waals surface area contributed by atoms with Gasteiger partial charge in [0.25, 0.3) is 5.91 Å². The Kier molecular flexibility index (Phi) is 5.26. The lowest BCUT2D eigenvalue weighted by Gasteiger charge is -2.05. The van der Waals surface area contributed by atoms with Gasteiger partial charge in [-0.05, 0) is 41.8 Å². The molecule has 5 heteroatoms. The molecule has 0 unspecified atom stereocenters. The largest absolute Gasteiger partial charge is 0.451 e. The van der Waals surface area contributed by atoms with Gasteiger partial charge in [-0.3, -0.25) is 4.79 Å². The number of carbonyl (C=O) groups excluding carboxylic acids is 1. The third kappa shape index (κ3) is 4.14. The zero-order valence-electron chi connectivity index (χ0n) is 13.5. The second-order valence-electron chi connectivity index (χ2n) is 5.62. The van der Waals surface area contributed by atoms with Crippen molar-refractivity contribution in [2.24, 2.45) is 0 Å². The Morgan fingerprint density at radius 3 is 2.44 bits per heavy atom. The number of carbonyl (C=O) groups is 1. The van der Waals surface area contributed by atoms with Crippen LogP contribution in [0.2, 0.25) is 0 Å². The molecule has 0 aliphatic heterocycles. The smallest absolute Gasteiger partial charge is 0.287 e. The highest BCUT2D eigenvalue weighted by Gasteiger charge is 2.13. The molecule has 3 aromatic rings. The monoisotopic (exact) mass is 339 g/mol. The maximum absolute atomic E-state index is 13.8. The van der Waals surface area contributed by atoms with Gasteiger partial charge in [-0.15, -0.1) is 0 Å². The second kappa shape index (κ2) is 7.77. The van der Waals surface area contributed by atoms with E-state index in [1.165, 1.54) is 12.1 Å². The highest BCUT2D eigenvalue weighted by Crippen LogP contribution is 2.24. The number of rotatable bonds is 6. The zero-order chi connectivity index (χ0) is 17.6. The summed E-state index contributed by atoms with van der Waals surface area (Å²) in [7, 11) is 0. The molecule has 1 aromatic heterocycles. The lowest BCUT2D eigenvalue weighted by Crippen LogP contribution is -2.25. The Balaban J connectivity index is 1.57. The van der Waals surface area contributed by atoms with Gasteiger partial charge in [0.05, 0.1) is 12.2 Å². The van der Waals surface area contributed by atoms with Crippen LogP contribution < -0.4 is 5.32 Å². The number of halogens is 1. The predicted molar refractivity (Wildman–Crippen MR) is 92.5 cm³/mol. The number of aliphatic hydroxyl groups is 1. The van der Waals surface area contributed by atoms with Gasteiger partial charge in [0.1, 0.15) is 11.6 Å². The molecule has 1 amide bonds. The van der Waals surface area contributed by atoms with E-state index >= 15 is 0 Å². The third-order valence-electron chi connectivity index (χ3n) is 3.87. The van der Waals surface area contributed by atoms with Gasteiger partial charge in [0, 0.05) is 6.54 Å². The Labute approximate surface area is 144 Å². The molecule has 25 heavy (non-hydrogen) atoms. The van der Waals surface area contributed by atoms with Crippen LogP contribution in [0.25, 0.3) is 11.3 Å². The first kappa shape index (κ1) is 16.9. The molecule has 2 aromatic carbocycles. The van der Waals surface area contributed by atoms with E-state index in [0.29, 0.717) is 24.3 Å². The molecule has 0 fully saturated rings. The number of hydrogen-bond donors (Lipinski definition) is 2. The van der Waals surface area contributed by atoms with Crippen molar-refractivity contribution >= 4 is 5.91 Å². The van der Waals surface area contributed by atoms with E-state index in [0.717, 1.165) is 11.1 Å². The molecule has 0 aliphatic carbocycles. The number of furan rings is 1. The van der Waals surface area contributed by atoms with Crippen molar-refractivity contribution in [2.45, 2.75) is 13.0 Å². The highest BCUT2D eigenvalue weighted by molar-refractivity contribution is 5.92. The second-order valence-corrected chi connectivity index (χ2v) is 5.62.